The summed E-state index contributed by atoms with van der Waals surface area (Å²) >= 11 is 6.11. The molecule has 0 aliphatic carbocycles. The van der Waals surface area contributed by atoms with Crippen LogP contribution in [0.3, 0.4) is 0 Å². The fourth-order valence-corrected chi connectivity index (χ4v) is 5.56. The van der Waals surface area contributed by atoms with Gasteiger partial charge < -0.3 is 25.4 Å². The molecule has 1 spiro atoms. The number of benzene rings is 1. The third kappa shape index (κ3) is 6.46. The molecule has 2 aliphatic heterocycles. The Morgan fingerprint density at radius 3 is 2.63 bits per heavy atom. The number of hydrogen-bond donors (Lipinski definition) is 2. The number of piperidine rings is 1. The van der Waals surface area contributed by atoms with Gasteiger partial charge in [-0.15, -0.1) is 0 Å². The summed E-state index contributed by atoms with van der Waals surface area (Å²) in [5.41, 5.74) is 5.70. The average molecular weight is 592 g/mol. The van der Waals surface area contributed by atoms with Gasteiger partial charge in [-0.2, -0.15) is 23.1 Å². The first kappa shape index (κ1) is 28.8. The van der Waals surface area contributed by atoms with Crippen molar-refractivity contribution in [3.8, 4) is 17.3 Å². The molecule has 1 aromatic carbocycles. The number of carbonyl (C=O) groups excluding carboxylic acids is 1. The number of hydrogen-bond acceptors (Lipinski definition) is 10. The lowest BCUT2D eigenvalue weighted by Crippen LogP contribution is -2.41. The predicted molar refractivity (Wildman–Crippen MR) is 145 cm³/mol. The Morgan fingerprint density at radius 2 is 1.95 bits per heavy atom. The standard InChI is InChI=1S/C27H29ClF3N7O3/c1-2-40-24(39)19-14-26(15-35-19)6-10-38(11-7-26)20-13-21(37-25(32)36-20)41-22(27(29,30)31)17-5-4-16(28)12-18(17)23-33-8-3-9-34-23/h3-5,8-9,12-13,19,22,35H,2,6-7,10-11,14-15H2,1H3,(H2,32,36,37)/t19-,22+/m0/s1. The lowest BCUT2D eigenvalue weighted by atomic mass is 9.76. The molecule has 218 valence electrons. The van der Waals surface area contributed by atoms with Gasteiger partial charge >= 0.3 is 12.1 Å². The molecule has 5 rings (SSSR count). The van der Waals surface area contributed by atoms with Crippen LogP contribution in [-0.2, 0) is 9.53 Å². The van der Waals surface area contributed by atoms with E-state index in [9.17, 15) is 18.0 Å². The fraction of sp³-hybridized carbons (Fsp3) is 0.444. The van der Waals surface area contributed by atoms with Crippen LogP contribution in [0.25, 0.3) is 11.4 Å². The van der Waals surface area contributed by atoms with Crippen molar-refractivity contribution in [2.24, 2.45) is 5.41 Å². The highest BCUT2D eigenvalue weighted by Gasteiger charge is 2.46. The van der Waals surface area contributed by atoms with Gasteiger partial charge in [-0.3, -0.25) is 4.79 Å². The van der Waals surface area contributed by atoms with Gasteiger partial charge in [0.2, 0.25) is 17.9 Å². The number of anilines is 2. The van der Waals surface area contributed by atoms with Crippen molar-refractivity contribution >= 4 is 29.3 Å². The van der Waals surface area contributed by atoms with E-state index in [0.29, 0.717) is 38.5 Å². The number of carbonyl (C=O) groups is 1. The van der Waals surface area contributed by atoms with Crippen molar-refractivity contribution in [2.75, 3.05) is 36.9 Å². The summed E-state index contributed by atoms with van der Waals surface area (Å²) in [4.78, 5) is 30.5. The molecule has 2 aliphatic rings. The molecule has 2 aromatic heterocycles. The number of ether oxygens (including phenoxy) is 2. The minimum Gasteiger partial charge on any atom is -0.465 e. The van der Waals surface area contributed by atoms with Crippen molar-refractivity contribution in [2.45, 2.75) is 44.5 Å². The van der Waals surface area contributed by atoms with Crippen molar-refractivity contribution in [1.29, 1.82) is 0 Å². The highest BCUT2D eigenvalue weighted by atomic mass is 35.5. The Labute approximate surface area is 239 Å². The Hall–Kier alpha value is -3.71. The number of rotatable bonds is 7. The smallest absolute Gasteiger partial charge is 0.429 e. The lowest BCUT2D eigenvalue weighted by molar-refractivity contribution is -0.198. The zero-order valence-electron chi connectivity index (χ0n) is 22.2. The number of esters is 1. The summed E-state index contributed by atoms with van der Waals surface area (Å²) in [6.07, 6.45) is -2.19. The summed E-state index contributed by atoms with van der Waals surface area (Å²) in [6, 6.07) is 6.52. The fourth-order valence-electron chi connectivity index (χ4n) is 5.39. The van der Waals surface area contributed by atoms with Gasteiger partial charge in [0.25, 0.3) is 0 Å². The molecule has 2 saturated heterocycles. The SMILES string of the molecule is CCOC(=O)[C@@H]1CC2(CCN(c3cc(O[C@H](c4ccc(Cl)cc4-c4ncccn4)C(F)(F)F)nc(N)n3)CC2)CN1. The molecule has 4 heterocycles. The number of aromatic nitrogens is 4. The van der Waals surface area contributed by atoms with Gasteiger partial charge in [-0.25, -0.2) is 9.97 Å². The van der Waals surface area contributed by atoms with Crippen LogP contribution in [0.2, 0.25) is 5.02 Å². The molecular weight excluding hydrogens is 563 g/mol. The van der Waals surface area contributed by atoms with Gasteiger partial charge in [0, 0.05) is 54.2 Å². The maximum atomic E-state index is 14.4. The molecule has 10 nitrogen and oxygen atoms in total. The number of nitrogens with two attached hydrogens (primary N) is 1. The Balaban J connectivity index is 1.36. The second-order valence-corrected chi connectivity index (χ2v) is 10.6. The van der Waals surface area contributed by atoms with Gasteiger partial charge in [0.15, 0.2) is 5.82 Å². The van der Waals surface area contributed by atoms with Crippen LogP contribution in [0.4, 0.5) is 24.9 Å². The van der Waals surface area contributed by atoms with Crippen LogP contribution >= 0.6 is 11.6 Å². The summed E-state index contributed by atoms with van der Waals surface area (Å²) in [5.74, 6) is -0.362. The molecule has 0 unspecified atom stereocenters. The molecule has 2 atom stereocenters. The highest BCUT2D eigenvalue weighted by Crippen LogP contribution is 2.43. The van der Waals surface area contributed by atoms with Crippen LogP contribution in [-0.4, -0.2) is 64.4 Å². The molecule has 41 heavy (non-hydrogen) atoms. The first-order chi connectivity index (χ1) is 19.6. The molecule has 3 N–H and O–H groups in total. The topological polar surface area (TPSA) is 128 Å². The highest BCUT2D eigenvalue weighted by molar-refractivity contribution is 6.30. The average Bonchev–Trinajstić information content (AvgIpc) is 3.35. The van der Waals surface area contributed by atoms with Crippen molar-refractivity contribution in [3.05, 3.63) is 53.3 Å². The Kier molecular flexibility index (Phi) is 8.18. The molecule has 2 fully saturated rings. The van der Waals surface area contributed by atoms with Gasteiger partial charge in [0.1, 0.15) is 11.9 Å². The molecule has 0 amide bonds. The van der Waals surface area contributed by atoms with Crippen LogP contribution in [0.5, 0.6) is 5.88 Å². The number of nitrogens with one attached hydrogen (secondary N) is 1. The molecule has 0 bridgehead atoms. The largest absolute Gasteiger partial charge is 0.465 e. The summed E-state index contributed by atoms with van der Waals surface area (Å²) in [7, 11) is 0. The first-order valence-corrected chi connectivity index (χ1v) is 13.5. The van der Waals surface area contributed by atoms with Crippen LogP contribution in [0.15, 0.2) is 42.7 Å². The van der Waals surface area contributed by atoms with Crippen LogP contribution in [0, 0.1) is 5.41 Å². The number of nitrogen functional groups attached to an aromatic ring is 1. The minimum absolute atomic E-state index is 0.0691. The third-order valence-electron chi connectivity index (χ3n) is 7.43. The number of alkyl halides is 3. The normalized spacial score (nSPS) is 19.2. The molecule has 14 heteroatoms. The summed E-state index contributed by atoms with van der Waals surface area (Å²) in [5, 5.41) is 3.49. The maximum Gasteiger partial charge on any atom is 0.429 e. The van der Waals surface area contributed by atoms with Gasteiger partial charge in [0.05, 0.1) is 6.61 Å². The second-order valence-electron chi connectivity index (χ2n) is 10.1. The van der Waals surface area contributed by atoms with E-state index in [1.807, 2.05) is 4.90 Å². The van der Waals surface area contributed by atoms with Crippen molar-refractivity contribution < 1.29 is 27.4 Å². The quantitative estimate of drug-likeness (QED) is 0.382. The van der Waals surface area contributed by atoms with Crippen molar-refractivity contribution in [1.82, 2.24) is 25.3 Å². The molecular formula is C27H29ClF3N7O3. The van der Waals surface area contributed by atoms with Crippen LogP contribution < -0.4 is 20.7 Å². The summed E-state index contributed by atoms with van der Waals surface area (Å²) in [6.45, 7) is 3.93. The molecule has 3 aromatic rings. The van der Waals surface area contributed by atoms with Gasteiger partial charge in [-0.05, 0) is 49.8 Å². The van der Waals surface area contributed by atoms with E-state index in [-0.39, 0.29) is 51.2 Å². The monoisotopic (exact) mass is 591 g/mol. The zero-order chi connectivity index (χ0) is 29.2. The van der Waals surface area contributed by atoms with E-state index in [1.165, 1.54) is 36.7 Å². The summed E-state index contributed by atoms with van der Waals surface area (Å²) < 4.78 is 53.9. The zero-order valence-corrected chi connectivity index (χ0v) is 23.0. The Morgan fingerprint density at radius 1 is 1.22 bits per heavy atom. The molecule has 0 radical (unpaired) electrons. The Bertz CT molecular complexity index is 1390. The van der Waals surface area contributed by atoms with E-state index < -0.39 is 12.3 Å². The first-order valence-electron chi connectivity index (χ1n) is 13.2. The van der Waals surface area contributed by atoms with Crippen LogP contribution in [0.1, 0.15) is 37.9 Å². The van der Waals surface area contributed by atoms with E-state index >= 15 is 0 Å². The van der Waals surface area contributed by atoms with E-state index in [1.54, 1.807) is 13.0 Å². The van der Waals surface area contributed by atoms with E-state index in [0.717, 1.165) is 12.8 Å². The maximum absolute atomic E-state index is 14.4. The second kappa shape index (κ2) is 11.6. The minimum atomic E-state index is -4.82. The van der Waals surface area contributed by atoms with Gasteiger partial charge in [-0.1, -0.05) is 17.7 Å². The van der Waals surface area contributed by atoms with Crippen molar-refractivity contribution in [3.63, 3.8) is 0 Å². The third-order valence-corrected chi connectivity index (χ3v) is 7.66. The van der Waals surface area contributed by atoms with E-state index in [2.05, 4.69) is 25.3 Å². The predicted octanol–water partition coefficient (Wildman–Crippen LogP) is 4.36. The number of halogens is 4. The van der Waals surface area contributed by atoms with E-state index in [4.69, 9.17) is 26.8 Å². The number of nitrogens with zero attached hydrogens (tertiary/aromatic N) is 5. The lowest BCUT2D eigenvalue weighted by Gasteiger charge is -2.39. The molecule has 0 saturated carbocycles.